The lowest BCUT2D eigenvalue weighted by atomic mass is 10.4. The Morgan fingerprint density at radius 1 is 1.54 bits per heavy atom. The molecule has 5 heteroatoms. The Bertz CT molecular complexity index is 272. The summed E-state index contributed by atoms with van der Waals surface area (Å²) in [4.78, 5) is 4.30. The molecule has 1 aromatic rings. The van der Waals surface area contributed by atoms with Crippen LogP contribution in [0.1, 0.15) is 30.5 Å². The maximum absolute atomic E-state index is 5.37. The Morgan fingerprint density at radius 3 is 3.08 bits per heavy atom. The van der Waals surface area contributed by atoms with E-state index >= 15 is 0 Å². The number of hydrogen-bond donors (Lipinski definition) is 1. The number of hydrogen-bond acceptors (Lipinski definition) is 5. The lowest BCUT2D eigenvalue weighted by Gasteiger charge is -1.91. The van der Waals surface area contributed by atoms with Gasteiger partial charge in [-0.1, -0.05) is 5.16 Å². The molecule has 4 nitrogen and oxygen atoms in total. The highest BCUT2D eigenvalue weighted by molar-refractivity contribution is 7.98. The molecular formula is C8H13N3OS. The smallest absolute Gasteiger partial charge is 0.236 e. The van der Waals surface area contributed by atoms with Crippen molar-refractivity contribution in [3.63, 3.8) is 0 Å². The molecule has 0 unspecified atom stereocenters. The molecule has 72 valence electrons. The molecule has 0 amide bonds. The zero-order valence-electron chi connectivity index (χ0n) is 7.40. The second-order valence-electron chi connectivity index (χ2n) is 3.16. The molecule has 0 atom stereocenters. The number of nitrogens with two attached hydrogens (primary N) is 1. The van der Waals surface area contributed by atoms with Crippen molar-refractivity contribution in [2.75, 3.05) is 12.3 Å². The third kappa shape index (κ3) is 2.45. The summed E-state index contributed by atoms with van der Waals surface area (Å²) >= 11 is 1.73. The van der Waals surface area contributed by atoms with E-state index in [2.05, 4.69) is 10.1 Å². The molecular weight excluding hydrogens is 186 g/mol. The van der Waals surface area contributed by atoms with Crippen LogP contribution in [-0.4, -0.2) is 22.4 Å². The minimum Gasteiger partial charge on any atom is -0.338 e. The summed E-state index contributed by atoms with van der Waals surface area (Å²) in [5.41, 5.74) is 5.37. The standard InChI is InChI=1S/C8H13N3OS/c9-3-4-13-5-7-10-8(11-12-7)6-1-2-6/h6H,1-5,9H2. The minimum absolute atomic E-state index is 0.581. The van der Waals surface area contributed by atoms with Crippen LogP contribution in [0.2, 0.25) is 0 Å². The summed E-state index contributed by atoms with van der Waals surface area (Å²) in [6.07, 6.45) is 2.43. The van der Waals surface area contributed by atoms with Crippen LogP contribution in [0.5, 0.6) is 0 Å². The van der Waals surface area contributed by atoms with Gasteiger partial charge in [-0.05, 0) is 12.8 Å². The Morgan fingerprint density at radius 2 is 2.38 bits per heavy atom. The van der Waals surface area contributed by atoms with E-state index in [4.69, 9.17) is 10.3 Å². The van der Waals surface area contributed by atoms with Gasteiger partial charge >= 0.3 is 0 Å². The lowest BCUT2D eigenvalue weighted by molar-refractivity contribution is 0.385. The molecule has 1 heterocycles. The summed E-state index contributed by atoms with van der Waals surface area (Å²) < 4.78 is 5.09. The Kier molecular flexibility index (Phi) is 2.85. The molecule has 1 saturated carbocycles. The molecule has 1 aliphatic carbocycles. The summed E-state index contributed by atoms with van der Waals surface area (Å²) in [5, 5.41) is 3.93. The number of nitrogens with zero attached hydrogens (tertiary/aromatic N) is 2. The predicted molar refractivity (Wildman–Crippen MR) is 51.5 cm³/mol. The third-order valence-corrected chi connectivity index (χ3v) is 2.89. The van der Waals surface area contributed by atoms with E-state index < -0.39 is 0 Å². The molecule has 1 aromatic heterocycles. The van der Waals surface area contributed by atoms with E-state index in [1.165, 1.54) is 12.8 Å². The van der Waals surface area contributed by atoms with Gasteiger partial charge in [0.1, 0.15) is 0 Å². The second-order valence-corrected chi connectivity index (χ2v) is 4.27. The minimum atomic E-state index is 0.581. The molecule has 13 heavy (non-hydrogen) atoms. The summed E-state index contributed by atoms with van der Waals surface area (Å²) in [6.45, 7) is 0.703. The van der Waals surface area contributed by atoms with Gasteiger partial charge in [-0.2, -0.15) is 16.7 Å². The molecule has 2 rings (SSSR count). The first-order valence-electron chi connectivity index (χ1n) is 4.50. The molecule has 0 radical (unpaired) electrons. The highest BCUT2D eigenvalue weighted by atomic mass is 32.2. The van der Waals surface area contributed by atoms with Crippen molar-refractivity contribution in [1.82, 2.24) is 10.1 Å². The van der Waals surface area contributed by atoms with Crippen LogP contribution in [0.3, 0.4) is 0 Å². The van der Waals surface area contributed by atoms with Crippen LogP contribution in [0.4, 0.5) is 0 Å². The Labute approximate surface area is 81.3 Å². The maximum atomic E-state index is 5.37. The van der Waals surface area contributed by atoms with E-state index in [-0.39, 0.29) is 0 Å². The average molecular weight is 199 g/mol. The number of thioether (sulfide) groups is 1. The van der Waals surface area contributed by atoms with Crippen molar-refractivity contribution in [3.8, 4) is 0 Å². The molecule has 0 saturated heterocycles. The van der Waals surface area contributed by atoms with Gasteiger partial charge in [-0.15, -0.1) is 0 Å². The summed E-state index contributed by atoms with van der Waals surface area (Å²) in [6, 6.07) is 0. The van der Waals surface area contributed by atoms with Gasteiger partial charge in [-0.25, -0.2) is 0 Å². The molecule has 1 fully saturated rings. The van der Waals surface area contributed by atoms with Crippen LogP contribution >= 0.6 is 11.8 Å². The highest BCUT2D eigenvalue weighted by Gasteiger charge is 2.28. The van der Waals surface area contributed by atoms with Gasteiger partial charge in [0.25, 0.3) is 0 Å². The quantitative estimate of drug-likeness (QED) is 0.720. The van der Waals surface area contributed by atoms with E-state index in [9.17, 15) is 0 Å². The van der Waals surface area contributed by atoms with Gasteiger partial charge in [0.2, 0.25) is 5.89 Å². The van der Waals surface area contributed by atoms with E-state index in [0.29, 0.717) is 12.5 Å². The fourth-order valence-electron chi connectivity index (χ4n) is 1.08. The van der Waals surface area contributed by atoms with Crippen molar-refractivity contribution < 1.29 is 4.52 Å². The predicted octanol–water partition coefficient (Wildman–Crippen LogP) is 1.14. The number of rotatable bonds is 5. The van der Waals surface area contributed by atoms with Gasteiger partial charge in [0.05, 0.1) is 5.75 Å². The Balaban J connectivity index is 1.82. The van der Waals surface area contributed by atoms with E-state index in [1.807, 2.05) is 0 Å². The SMILES string of the molecule is NCCSCc1nc(C2CC2)no1. The summed E-state index contributed by atoms with van der Waals surface area (Å²) in [7, 11) is 0. The van der Waals surface area contributed by atoms with E-state index in [0.717, 1.165) is 23.2 Å². The molecule has 0 bridgehead atoms. The monoisotopic (exact) mass is 199 g/mol. The van der Waals surface area contributed by atoms with Crippen molar-refractivity contribution >= 4 is 11.8 Å². The first-order chi connectivity index (χ1) is 6.40. The van der Waals surface area contributed by atoms with Crippen LogP contribution in [0, 0.1) is 0 Å². The van der Waals surface area contributed by atoms with E-state index in [1.54, 1.807) is 11.8 Å². The Hall–Kier alpha value is -0.550. The number of aromatic nitrogens is 2. The fourth-order valence-corrected chi connectivity index (χ4v) is 1.68. The lowest BCUT2D eigenvalue weighted by Crippen LogP contribution is -2.01. The summed E-state index contributed by atoms with van der Waals surface area (Å²) in [5.74, 6) is 3.94. The molecule has 1 aliphatic rings. The molecule has 0 aromatic carbocycles. The van der Waals surface area contributed by atoms with Gasteiger partial charge in [-0.3, -0.25) is 0 Å². The van der Waals surface area contributed by atoms with Gasteiger partial charge in [0, 0.05) is 18.2 Å². The van der Waals surface area contributed by atoms with Crippen LogP contribution in [0.25, 0.3) is 0 Å². The molecule has 0 aliphatic heterocycles. The molecule has 0 spiro atoms. The largest absolute Gasteiger partial charge is 0.338 e. The van der Waals surface area contributed by atoms with Gasteiger partial charge in [0.15, 0.2) is 5.82 Å². The highest BCUT2D eigenvalue weighted by Crippen LogP contribution is 2.38. The van der Waals surface area contributed by atoms with Crippen LogP contribution < -0.4 is 5.73 Å². The third-order valence-electron chi connectivity index (χ3n) is 1.91. The van der Waals surface area contributed by atoms with Crippen molar-refractivity contribution in [2.45, 2.75) is 24.5 Å². The average Bonchev–Trinajstić information content (AvgIpc) is 2.88. The van der Waals surface area contributed by atoms with Crippen LogP contribution in [-0.2, 0) is 5.75 Å². The molecule has 2 N–H and O–H groups in total. The first-order valence-corrected chi connectivity index (χ1v) is 5.66. The normalized spacial score (nSPS) is 16.4. The second kappa shape index (κ2) is 4.11. The fraction of sp³-hybridized carbons (Fsp3) is 0.750. The van der Waals surface area contributed by atoms with Crippen molar-refractivity contribution in [3.05, 3.63) is 11.7 Å². The van der Waals surface area contributed by atoms with Crippen LogP contribution in [0.15, 0.2) is 4.52 Å². The topological polar surface area (TPSA) is 64.9 Å². The van der Waals surface area contributed by atoms with Crippen molar-refractivity contribution in [2.24, 2.45) is 5.73 Å². The maximum Gasteiger partial charge on any atom is 0.236 e. The zero-order chi connectivity index (χ0) is 9.10. The first kappa shape index (κ1) is 9.02. The zero-order valence-corrected chi connectivity index (χ0v) is 8.22. The van der Waals surface area contributed by atoms with Gasteiger partial charge < -0.3 is 10.3 Å². The van der Waals surface area contributed by atoms with Crippen molar-refractivity contribution in [1.29, 1.82) is 0 Å².